The number of pyridine rings is 1. The number of amides is 3. The summed E-state index contributed by atoms with van der Waals surface area (Å²) in [6, 6.07) is 0.961. The summed E-state index contributed by atoms with van der Waals surface area (Å²) in [5.74, 6) is -1.48. The van der Waals surface area contributed by atoms with Gasteiger partial charge >= 0.3 is 12.2 Å². The molecule has 0 aliphatic rings. The first-order valence-electron chi connectivity index (χ1n) is 8.87. The number of aryl methyl sites for hydroxylation is 2. The lowest BCUT2D eigenvalue weighted by atomic mass is 10.1. The van der Waals surface area contributed by atoms with E-state index in [0.29, 0.717) is 39.4 Å². The summed E-state index contributed by atoms with van der Waals surface area (Å²) in [6.45, 7) is 1.74. The molecule has 0 unspecified atom stereocenters. The van der Waals surface area contributed by atoms with E-state index in [2.05, 4.69) is 15.4 Å². The van der Waals surface area contributed by atoms with Crippen LogP contribution in [-0.2, 0) is 18.0 Å². The van der Waals surface area contributed by atoms with Crippen LogP contribution in [-0.4, -0.2) is 41.3 Å². The molecule has 3 rings (SSSR count). The Morgan fingerprint density at radius 3 is 2.52 bits per heavy atom. The number of carbonyl (C=O) groups excluding carboxylic acids is 2. The van der Waals surface area contributed by atoms with Crippen molar-refractivity contribution in [3.05, 3.63) is 41.5 Å². The fourth-order valence-corrected chi connectivity index (χ4v) is 3.23. The minimum Gasteiger partial charge on any atom is -0.375 e. The van der Waals surface area contributed by atoms with Crippen LogP contribution >= 0.6 is 0 Å². The third-order valence-electron chi connectivity index (χ3n) is 4.53. The second-order valence-corrected chi connectivity index (χ2v) is 6.89. The number of anilines is 3. The van der Waals surface area contributed by atoms with Crippen LogP contribution < -0.4 is 15.1 Å². The van der Waals surface area contributed by atoms with E-state index in [4.69, 9.17) is 0 Å². The summed E-state index contributed by atoms with van der Waals surface area (Å²) in [4.78, 5) is 31.1. The first-order valence-corrected chi connectivity index (χ1v) is 8.87. The van der Waals surface area contributed by atoms with Crippen molar-refractivity contribution in [2.75, 3.05) is 29.2 Å². The summed E-state index contributed by atoms with van der Waals surface area (Å²) in [6.07, 6.45) is -3.44. The maximum absolute atomic E-state index is 13.5. The summed E-state index contributed by atoms with van der Waals surface area (Å²) in [7, 11) is 5.08. The van der Waals surface area contributed by atoms with E-state index in [1.807, 2.05) is 0 Å². The zero-order chi connectivity index (χ0) is 23.1. The van der Waals surface area contributed by atoms with Gasteiger partial charge in [-0.2, -0.15) is 18.3 Å². The molecule has 1 N–H and O–H groups in total. The summed E-state index contributed by atoms with van der Waals surface area (Å²) in [5.41, 5.74) is -0.179. The summed E-state index contributed by atoms with van der Waals surface area (Å²) >= 11 is 0. The zero-order valence-electron chi connectivity index (χ0n) is 17.0. The van der Waals surface area contributed by atoms with Crippen LogP contribution in [0.5, 0.6) is 0 Å². The summed E-state index contributed by atoms with van der Waals surface area (Å²) < 4.78 is 53.9. The van der Waals surface area contributed by atoms with Crippen molar-refractivity contribution in [1.29, 1.82) is 0 Å². The lowest BCUT2D eigenvalue weighted by molar-refractivity contribution is -0.139. The highest BCUT2D eigenvalue weighted by Crippen LogP contribution is 2.37. The van der Waals surface area contributed by atoms with E-state index < -0.39 is 23.6 Å². The van der Waals surface area contributed by atoms with Gasteiger partial charge in [-0.3, -0.25) is 9.48 Å². The van der Waals surface area contributed by atoms with Crippen molar-refractivity contribution in [3.8, 4) is 0 Å². The number of benzene rings is 1. The topological polar surface area (TPSA) is 83.4 Å². The van der Waals surface area contributed by atoms with Crippen molar-refractivity contribution >= 4 is 40.5 Å². The number of fused-ring (bicyclic) bond motifs is 1. The zero-order valence-corrected chi connectivity index (χ0v) is 17.0. The lowest BCUT2D eigenvalue weighted by Crippen LogP contribution is -2.35. The molecule has 2 heterocycles. The maximum atomic E-state index is 13.5. The second-order valence-electron chi connectivity index (χ2n) is 6.89. The van der Waals surface area contributed by atoms with Crippen molar-refractivity contribution in [3.63, 3.8) is 0 Å². The molecule has 0 spiro atoms. The molecule has 0 aliphatic carbocycles. The average Bonchev–Trinajstić information content (AvgIpc) is 2.96. The molecule has 2 aromatic heterocycles. The molecular formula is C19H18F4N6O2. The number of urea groups is 1. The van der Waals surface area contributed by atoms with Crippen LogP contribution in [0.15, 0.2) is 24.4 Å². The van der Waals surface area contributed by atoms with E-state index in [1.165, 1.54) is 6.20 Å². The van der Waals surface area contributed by atoms with Crippen LogP contribution in [0, 0.1) is 12.7 Å². The highest BCUT2D eigenvalue weighted by Gasteiger charge is 2.34. The van der Waals surface area contributed by atoms with Crippen molar-refractivity contribution < 1.29 is 27.2 Å². The number of rotatable bonds is 4. The molecule has 12 heteroatoms. The largest absolute Gasteiger partial charge is 0.419 e. The molecule has 0 aliphatic heterocycles. The molecule has 8 nitrogen and oxygen atoms in total. The van der Waals surface area contributed by atoms with E-state index in [-0.39, 0.29) is 17.8 Å². The lowest BCUT2D eigenvalue weighted by Gasteiger charge is -2.24. The molecular weight excluding hydrogens is 420 g/mol. The first kappa shape index (κ1) is 22.0. The van der Waals surface area contributed by atoms with Crippen LogP contribution in [0.4, 0.5) is 39.4 Å². The third kappa shape index (κ3) is 4.00. The second kappa shape index (κ2) is 7.85. The number of nitrogens with one attached hydrogen (secondary N) is 1. The molecule has 0 saturated heterocycles. The summed E-state index contributed by atoms with van der Waals surface area (Å²) in [5, 5.41) is 7.08. The highest BCUT2D eigenvalue weighted by molar-refractivity contribution is 6.16. The minimum absolute atomic E-state index is 0.0965. The van der Waals surface area contributed by atoms with E-state index in [1.54, 1.807) is 37.6 Å². The van der Waals surface area contributed by atoms with Crippen LogP contribution in [0.3, 0.4) is 0 Å². The van der Waals surface area contributed by atoms with Crippen molar-refractivity contribution in [2.45, 2.75) is 13.1 Å². The first-order chi connectivity index (χ1) is 14.5. The fraction of sp³-hybridized carbons (Fsp3) is 0.263. The Morgan fingerprint density at radius 2 is 1.94 bits per heavy atom. The normalized spacial score (nSPS) is 11.5. The van der Waals surface area contributed by atoms with Gasteiger partial charge in [-0.15, -0.1) is 0 Å². The average molecular weight is 438 g/mol. The third-order valence-corrected chi connectivity index (χ3v) is 4.53. The number of imide groups is 1. The maximum Gasteiger partial charge on any atom is 0.419 e. The predicted octanol–water partition coefficient (Wildman–Crippen LogP) is 3.70. The molecule has 0 bridgehead atoms. The SMILES string of the molecule is Cc1nn(C)c2ncc(N(C=O)C(=O)Nc3ccc(F)c(C(F)(F)F)c3)c(N(C)C)c12. The fourth-order valence-electron chi connectivity index (χ4n) is 3.23. The number of alkyl halides is 3. The molecule has 3 amide bonds. The number of aromatic nitrogens is 3. The minimum atomic E-state index is -4.94. The monoisotopic (exact) mass is 438 g/mol. The standard InChI is InChI=1S/C19H18F4N6O2/c1-10-15-16(27(2)3)14(8-24-17(15)28(4)26-10)29(9-30)18(31)25-11-5-6-13(20)12(7-11)19(21,22)23/h5-9H,1-4H3,(H,25,31). The molecule has 0 fully saturated rings. The Labute approximate surface area is 174 Å². The Bertz CT molecular complexity index is 1170. The Hall–Kier alpha value is -3.70. The number of hydrogen-bond acceptors (Lipinski definition) is 5. The molecule has 0 atom stereocenters. The van der Waals surface area contributed by atoms with Crippen molar-refractivity contribution in [1.82, 2.24) is 14.8 Å². The van der Waals surface area contributed by atoms with Gasteiger partial charge in [0.05, 0.1) is 34.2 Å². The number of hydrogen-bond donors (Lipinski definition) is 1. The van der Waals surface area contributed by atoms with Crippen LogP contribution in [0.1, 0.15) is 11.3 Å². The van der Waals surface area contributed by atoms with Gasteiger partial charge in [0, 0.05) is 26.8 Å². The van der Waals surface area contributed by atoms with Gasteiger partial charge in [0.25, 0.3) is 0 Å². The van der Waals surface area contributed by atoms with Gasteiger partial charge in [-0.1, -0.05) is 0 Å². The van der Waals surface area contributed by atoms with Gasteiger partial charge in [0.2, 0.25) is 6.41 Å². The molecule has 1 aromatic carbocycles. The quantitative estimate of drug-likeness (QED) is 0.496. The van der Waals surface area contributed by atoms with Crippen LogP contribution in [0.25, 0.3) is 11.0 Å². The van der Waals surface area contributed by atoms with Gasteiger partial charge in [0.1, 0.15) is 5.82 Å². The van der Waals surface area contributed by atoms with Crippen molar-refractivity contribution in [2.24, 2.45) is 7.05 Å². The number of nitrogens with zero attached hydrogens (tertiary/aromatic N) is 5. The predicted molar refractivity (Wildman–Crippen MR) is 107 cm³/mol. The molecule has 3 aromatic rings. The van der Waals surface area contributed by atoms with Crippen LogP contribution in [0.2, 0.25) is 0 Å². The Morgan fingerprint density at radius 1 is 1.26 bits per heavy atom. The molecule has 0 saturated carbocycles. The smallest absolute Gasteiger partial charge is 0.375 e. The van der Waals surface area contributed by atoms with Gasteiger partial charge < -0.3 is 10.2 Å². The molecule has 164 valence electrons. The van der Waals surface area contributed by atoms with E-state index >= 15 is 0 Å². The van der Waals surface area contributed by atoms with Gasteiger partial charge in [-0.25, -0.2) is 19.1 Å². The molecule has 0 radical (unpaired) electrons. The Kier molecular flexibility index (Phi) is 5.57. The van der Waals surface area contributed by atoms with Gasteiger partial charge in [-0.05, 0) is 25.1 Å². The van der Waals surface area contributed by atoms with E-state index in [0.717, 1.165) is 6.07 Å². The number of carbonyl (C=O) groups is 2. The Balaban J connectivity index is 2.04. The number of halogens is 4. The van der Waals surface area contributed by atoms with E-state index in [9.17, 15) is 27.2 Å². The highest BCUT2D eigenvalue weighted by atomic mass is 19.4. The molecule has 31 heavy (non-hydrogen) atoms. The van der Waals surface area contributed by atoms with Gasteiger partial charge in [0.15, 0.2) is 5.65 Å².